The highest BCUT2D eigenvalue weighted by atomic mass is 16.5. The van der Waals surface area contributed by atoms with Crippen LogP contribution in [0, 0.1) is 0 Å². The standard InChI is InChI=1S/C21H20N6O5/c1-2-30-21(29)25-20-13-9-16(32-15(13)7-8-22-20)14-10-23-17-4-6-19(26-27(14)17)31-11-12-3-5-18(28)24-12/h4,6-10,12H,2-3,5,11H2,1H3,(H,24,28)(H,22,25,29)/t12-/m1/s1. The zero-order valence-corrected chi connectivity index (χ0v) is 17.2. The SMILES string of the molecule is CCOC(=O)Nc1nccc2oc(-c3cnc4ccc(OC[C@H]5CCC(=O)N5)nn34)cc12. The van der Waals surface area contributed by atoms with Crippen molar-refractivity contribution in [3.8, 4) is 17.3 Å². The van der Waals surface area contributed by atoms with Crippen LogP contribution in [0.3, 0.4) is 0 Å². The van der Waals surface area contributed by atoms with Crippen molar-refractivity contribution in [2.75, 3.05) is 18.5 Å². The van der Waals surface area contributed by atoms with E-state index < -0.39 is 6.09 Å². The van der Waals surface area contributed by atoms with E-state index in [2.05, 4.69) is 25.7 Å². The summed E-state index contributed by atoms with van der Waals surface area (Å²) in [4.78, 5) is 31.7. The minimum atomic E-state index is -0.591. The molecule has 2 N–H and O–H groups in total. The molecule has 1 aliphatic heterocycles. The number of carbonyl (C=O) groups excluding carboxylic acids is 2. The summed E-state index contributed by atoms with van der Waals surface area (Å²) in [7, 11) is 0. The molecule has 5 heterocycles. The van der Waals surface area contributed by atoms with E-state index in [1.807, 2.05) is 0 Å². The number of aromatic nitrogens is 4. The van der Waals surface area contributed by atoms with Gasteiger partial charge in [0.05, 0.1) is 24.2 Å². The van der Waals surface area contributed by atoms with Crippen molar-refractivity contribution in [1.29, 1.82) is 0 Å². The van der Waals surface area contributed by atoms with Gasteiger partial charge in [-0.2, -0.15) is 0 Å². The minimum absolute atomic E-state index is 0.0181. The number of nitrogens with zero attached hydrogens (tertiary/aromatic N) is 4. The van der Waals surface area contributed by atoms with Crippen LogP contribution >= 0.6 is 0 Å². The second-order valence-corrected chi connectivity index (χ2v) is 7.23. The Morgan fingerprint density at radius 3 is 3.06 bits per heavy atom. The second kappa shape index (κ2) is 8.17. The van der Waals surface area contributed by atoms with E-state index in [-0.39, 0.29) is 18.6 Å². The molecule has 1 fully saturated rings. The van der Waals surface area contributed by atoms with Crippen molar-refractivity contribution in [2.45, 2.75) is 25.8 Å². The summed E-state index contributed by atoms with van der Waals surface area (Å²) < 4.78 is 18.3. The van der Waals surface area contributed by atoms with E-state index in [9.17, 15) is 9.59 Å². The van der Waals surface area contributed by atoms with Gasteiger partial charge in [-0.3, -0.25) is 10.1 Å². The van der Waals surface area contributed by atoms with Gasteiger partial charge in [-0.05, 0) is 31.5 Å². The molecule has 5 rings (SSSR count). The first kappa shape index (κ1) is 19.8. The van der Waals surface area contributed by atoms with Crippen LogP contribution in [-0.2, 0) is 9.53 Å². The van der Waals surface area contributed by atoms with Gasteiger partial charge in [0.2, 0.25) is 11.8 Å². The number of hydrogen-bond acceptors (Lipinski definition) is 8. The Morgan fingerprint density at radius 1 is 1.34 bits per heavy atom. The average molecular weight is 436 g/mol. The normalized spacial score (nSPS) is 15.8. The van der Waals surface area contributed by atoms with Gasteiger partial charge in [0.1, 0.15) is 23.7 Å². The number of hydrogen-bond donors (Lipinski definition) is 2. The topological polar surface area (TPSA) is 133 Å². The first-order valence-electron chi connectivity index (χ1n) is 10.2. The number of rotatable bonds is 6. The summed E-state index contributed by atoms with van der Waals surface area (Å²) in [6, 6.07) is 6.96. The molecule has 1 atom stereocenters. The monoisotopic (exact) mass is 436 g/mol. The van der Waals surface area contributed by atoms with Crippen LogP contribution in [0.1, 0.15) is 19.8 Å². The highest BCUT2D eigenvalue weighted by molar-refractivity contribution is 5.97. The molecular weight excluding hydrogens is 416 g/mol. The second-order valence-electron chi connectivity index (χ2n) is 7.23. The molecule has 0 radical (unpaired) electrons. The van der Waals surface area contributed by atoms with Crippen molar-refractivity contribution >= 4 is 34.4 Å². The Morgan fingerprint density at radius 2 is 2.25 bits per heavy atom. The van der Waals surface area contributed by atoms with Gasteiger partial charge in [-0.1, -0.05) is 0 Å². The molecule has 1 aliphatic rings. The maximum absolute atomic E-state index is 11.8. The van der Waals surface area contributed by atoms with Gasteiger partial charge in [0, 0.05) is 18.7 Å². The van der Waals surface area contributed by atoms with Gasteiger partial charge in [0.25, 0.3) is 0 Å². The quantitative estimate of drug-likeness (QED) is 0.471. The predicted octanol–water partition coefficient (Wildman–Crippen LogP) is 2.76. The van der Waals surface area contributed by atoms with Gasteiger partial charge in [-0.15, -0.1) is 5.10 Å². The van der Waals surface area contributed by atoms with Crippen molar-refractivity contribution in [3.63, 3.8) is 0 Å². The lowest BCUT2D eigenvalue weighted by atomic mass is 10.2. The number of nitrogens with one attached hydrogen (secondary N) is 2. The molecule has 4 aromatic heterocycles. The predicted molar refractivity (Wildman–Crippen MR) is 113 cm³/mol. The summed E-state index contributed by atoms with van der Waals surface area (Å²) in [6.45, 7) is 2.32. The third-order valence-corrected chi connectivity index (χ3v) is 5.05. The van der Waals surface area contributed by atoms with E-state index in [0.29, 0.717) is 52.8 Å². The minimum Gasteiger partial charge on any atom is -0.474 e. The molecule has 11 heteroatoms. The number of furan rings is 1. The van der Waals surface area contributed by atoms with Crippen LogP contribution in [0.5, 0.6) is 5.88 Å². The van der Waals surface area contributed by atoms with E-state index in [1.165, 1.54) is 6.20 Å². The number of amides is 2. The lowest BCUT2D eigenvalue weighted by Gasteiger charge is -2.11. The number of pyridine rings is 1. The Hall–Kier alpha value is -4.15. The molecule has 0 spiro atoms. The number of imidazole rings is 1. The molecule has 32 heavy (non-hydrogen) atoms. The summed E-state index contributed by atoms with van der Waals surface area (Å²) >= 11 is 0. The Kier molecular flexibility index (Phi) is 5.06. The fourth-order valence-corrected chi connectivity index (χ4v) is 3.54. The molecule has 0 unspecified atom stereocenters. The number of anilines is 1. The summed E-state index contributed by atoms with van der Waals surface area (Å²) in [5.41, 5.74) is 1.77. The number of ether oxygens (including phenoxy) is 2. The Balaban J connectivity index is 1.43. The largest absolute Gasteiger partial charge is 0.474 e. The van der Waals surface area contributed by atoms with E-state index >= 15 is 0 Å². The smallest absolute Gasteiger partial charge is 0.412 e. The maximum atomic E-state index is 11.8. The Labute approximate surface area is 181 Å². The molecule has 0 bridgehead atoms. The highest BCUT2D eigenvalue weighted by Gasteiger charge is 2.22. The third kappa shape index (κ3) is 3.80. The van der Waals surface area contributed by atoms with Crippen LogP contribution in [0.2, 0.25) is 0 Å². The summed E-state index contributed by atoms with van der Waals surface area (Å²) in [5, 5.41) is 10.6. The van der Waals surface area contributed by atoms with Crippen molar-refractivity contribution < 1.29 is 23.5 Å². The van der Waals surface area contributed by atoms with Gasteiger partial charge in [-0.25, -0.2) is 19.3 Å². The number of fused-ring (bicyclic) bond motifs is 2. The van der Waals surface area contributed by atoms with Crippen LogP contribution in [0.25, 0.3) is 28.1 Å². The van der Waals surface area contributed by atoms with E-state index in [1.54, 1.807) is 41.9 Å². The van der Waals surface area contributed by atoms with Crippen molar-refractivity contribution in [1.82, 2.24) is 24.9 Å². The van der Waals surface area contributed by atoms with Crippen LogP contribution < -0.4 is 15.4 Å². The van der Waals surface area contributed by atoms with Crippen molar-refractivity contribution in [2.24, 2.45) is 0 Å². The molecule has 1 saturated heterocycles. The first-order valence-corrected chi connectivity index (χ1v) is 10.2. The summed E-state index contributed by atoms with van der Waals surface area (Å²) in [5.74, 6) is 1.27. The van der Waals surface area contributed by atoms with Gasteiger partial charge >= 0.3 is 6.09 Å². The Bertz CT molecular complexity index is 1310. The van der Waals surface area contributed by atoms with Crippen LogP contribution in [0.4, 0.5) is 10.6 Å². The molecule has 2 amide bonds. The van der Waals surface area contributed by atoms with Crippen LogP contribution in [0.15, 0.2) is 41.1 Å². The van der Waals surface area contributed by atoms with E-state index in [4.69, 9.17) is 13.9 Å². The van der Waals surface area contributed by atoms with Crippen molar-refractivity contribution in [3.05, 3.63) is 36.7 Å². The average Bonchev–Trinajstić information content (AvgIpc) is 3.50. The highest BCUT2D eigenvalue weighted by Crippen LogP contribution is 2.31. The first-order chi connectivity index (χ1) is 15.6. The molecule has 164 valence electrons. The zero-order chi connectivity index (χ0) is 22.1. The lowest BCUT2D eigenvalue weighted by molar-refractivity contribution is -0.119. The summed E-state index contributed by atoms with van der Waals surface area (Å²) in [6.07, 6.45) is 3.85. The van der Waals surface area contributed by atoms with Gasteiger partial charge in [0.15, 0.2) is 11.4 Å². The molecular formula is C21H20N6O5. The fourth-order valence-electron chi connectivity index (χ4n) is 3.54. The fraction of sp³-hybridized carbons (Fsp3) is 0.286. The maximum Gasteiger partial charge on any atom is 0.412 e. The third-order valence-electron chi connectivity index (χ3n) is 5.05. The molecule has 4 aromatic rings. The zero-order valence-electron chi connectivity index (χ0n) is 17.2. The molecule has 0 aromatic carbocycles. The molecule has 0 saturated carbocycles. The van der Waals surface area contributed by atoms with E-state index in [0.717, 1.165) is 6.42 Å². The molecule has 11 nitrogen and oxygen atoms in total. The van der Waals surface area contributed by atoms with Crippen LogP contribution in [-0.4, -0.2) is 50.8 Å². The van der Waals surface area contributed by atoms with Gasteiger partial charge < -0.3 is 19.2 Å². The molecule has 0 aliphatic carbocycles. The number of carbonyl (C=O) groups is 2. The lowest BCUT2D eigenvalue weighted by Crippen LogP contribution is -2.31.